The second-order valence-corrected chi connectivity index (χ2v) is 23.7. The van der Waals surface area contributed by atoms with Crippen molar-refractivity contribution in [1.29, 1.82) is 0 Å². The fraction of sp³-hybridized carbons (Fsp3) is 0.750. The van der Waals surface area contributed by atoms with Gasteiger partial charge in [-0.2, -0.15) is 9.97 Å². The van der Waals surface area contributed by atoms with E-state index in [4.69, 9.17) is 25.2 Å². The van der Waals surface area contributed by atoms with Gasteiger partial charge < -0.3 is 18.9 Å². The molecule has 1 fully saturated rings. The van der Waals surface area contributed by atoms with Gasteiger partial charge in [0.25, 0.3) is 0 Å². The summed E-state index contributed by atoms with van der Waals surface area (Å²) in [4.78, 5) is 26.5. The quantitative estimate of drug-likeness (QED) is 0.234. The van der Waals surface area contributed by atoms with Gasteiger partial charge in [-0.25, -0.2) is 4.98 Å². The third kappa shape index (κ3) is 5.88. The van der Waals surface area contributed by atoms with E-state index in [1.807, 2.05) is 4.57 Å². The Morgan fingerprint density at radius 2 is 1.57 bits per heavy atom. The number of aromatic nitrogens is 4. The summed E-state index contributed by atoms with van der Waals surface area (Å²) in [5.74, 6) is 0.213. The molecule has 1 aliphatic heterocycles. The van der Waals surface area contributed by atoms with Crippen LogP contribution in [-0.4, -0.2) is 73.7 Å². The lowest BCUT2D eigenvalue weighted by Crippen LogP contribution is -2.54. The molecular formula is C24H42ClN5O4SSi2. The van der Waals surface area contributed by atoms with Crippen molar-refractivity contribution in [2.45, 2.75) is 101 Å². The molecule has 4 unspecified atom stereocenters. The maximum atomic E-state index is 13.2. The molecule has 0 aliphatic carbocycles. The van der Waals surface area contributed by atoms with Crippen molar-refractivity contribution in [2.24, 2.45) is 0 Å². The van der Waals surface area contributed by atoms with E-state index < -0.39 is 34.1 Å². The number of carbonyl (C=O) groups excluding carboxylic acids is 1. The minimum Gasteiger partial charge on any atom is -0.468 e. The molecule has 208 valence electrons. The molecule has 2 aromatic rings. The van der Waals surface area contributed by atoms with Gasteiger partial charge in [0.05, 0.1) is 19.5 Å². The molecule has 1 aliphatic rings. The molecule has 0 bridgehead atoms. The number of methoxy groups -OCH3 is 1. The Morgan fingerprint density at radius 3 is 2.05 bits per heavy atom. The number of hydrogen-bond donors (Lipinski definition) is 1. The second kappa shape index (κ2) is 10.4. The van der Waals surface area contributed by atoms with Crippen molar-refractivity contribution in [3.05, 3.63) is 11.6 Å². The van der Waals surface area contributed by atoms with Crippen molar-refractivity contribution in [3.63, 3.8) is 0 Å². The topological polar surface area (TPSA) is 100 Å². The summed E-state index contributed by atoms with van der Waals surface area (Å²) < 4.78 is 21.3. The number of fused-ring (bicyclic) bond motifs is 1. The number of thioether (sulfide) groups is 1. The molecule has 2 aromatic heterocycles. The van der Waals surface area contributed by atoms with Crippen LogP contribution < -0.4 is 5.32 Å². The van der Waals surface area contributed by atoms with E-state index >= 15 is 0 Å². The summed E-state index contributed by atoms with van der Waals surface area (Å²) in [5, 5.41) is 2.14. The van der Waals surface area contributed by atoms with Crippen molar-refractivity contribution >= 4 is 62.9 Å². The molecule has 37 heavy (non-hydrogen) atoms. The number of esters is 1. The van der Waals surface area contributed by atoms with Crippen LogP contribution in [0.3, 0.4) is 0 Å². The SMILES string of the molecule is CNc1nc(Cl)nc2c1ncn2C1SC(C(=O)OC)C(O[Si](C)(C)C(C)(C)C)C1O[Si](C)(C)C(C)(C)C. The summed E-state index contributed by atoms with van der Waals surface area (Å²) in [5.41, 5.74) is 1.17. The predicted molar refractivity (Wildman–Crippen MR) is 156 cm³/mol. The molecule has 3 heterocycles. The van der Waals surface area contributed by atoms with Gasteiger partial charge in [-0.05, 0) is 47.9 Å². The first-order chi connectivity index (χ1) is 16.8. The third-order valence-corrected chi connectivity index (χ3v) is 18.6. The Kier molecular flexibility index (Phi) is 8.55. The van der Waals surface area contributed by atoms with Crippen LogP contribution >= 0.6 is 23.4 Å². The van der Waals surface area contributed by atoms with Gasteiger partial charge in [-0.15, -0.1) is 11.8 Å². The van der Waals surface area contributed by atoms with Gasteiger partial charge in [0.15, 0.2) is 33.6 Å². The molecule has 4 atom stereocenters. The van der Waals surface area contributed by atoms with Crippen LogP contribution in [0.1, 0.15) is 46.9 Å². The smallest absolute Gasteiger partial charge is 0.321 e. The van der Waals surface area contributed by atoms with Crippen molar-refractivity contribution < 1.29 is 18.4 Å². The zero-order valence-corrected chi connectivity index (χ0v) is 27.7. The molecule has 13 heteroatoms. The predicted octanol–water partition coefficient (Wildman–Crippen LogP) is 6.09. The molecule has 0 radical (unpaired) electrons. The largest absolute Gasteiger partial charge is 0.468 e. The molecule has 0 amide bonds. The summed E-state index contributed by atoms with van der Waals surface area (Å²) in [6.45, 7) is 22.0. The van der Waals surface area contributed by atoms with Crippen molar-refractivity contribution in [2.75, 3.05) is 19.5 Å². The number of halogens is 1. The molecule has 0 spiro atoms. The zero-order valence-electron chi connectivity index (χ0n) is 24.1. The van der Waals surface area contributed by atoms with Crippen LogP contribution in [0.2, 0.25) is 41.5 Å². The summed E-state index contributed by atoms with van der Waals surface area (Å²) in [7, 11) is -1.40. The minimum absolute atomic E-state index is 0.0467. The average molecular weight is 588 g/mol. The van der Waals surface area contributed by atoms with E-state index in [2.05, 4.69) is 88.0 Å². The Bertz CT molecular complexity index is 1150. The summed E-state index contributed by atoms with van der Waals surface area (Å²) in [6.07, 6.45) is 0.781. The summed E-state index contributed by atoms with van der Waals surface area (Å²) >= 11 is 7.75. The van der Waals surface area contributed by atoms with Crippen molar-refractivity contribution in [3.8, 4) is 0 Å². The molecule has 0 saturated carbocycles. The zero-order chi connectivity index (χ0) is 28.1. The Labute approximate surface area is 232 Å². The average Bonchev–Trinajstić information content (AvgIpc) is 3.32. The van der Waals surface area contributed by atoms with E-state index in [-0.39, 0.29) is 26.7 Å². The lowest BCUT2D eigenvalue weighted by atomic mass is 10.1. The standard InChI is InChI=1S/C24H42ClN5O4SSi2/c1-23(2,3)36(9,10)33-15-16(34-37(11,12)24(4,5)6)20(35-17(15)21(31)32-8)30-13-27-14-18(26-7)28-22(25)29-19(14)30/h13,15-17,20H,1-12H3,(H,26,28,29). The number of rotatable bonds is 7. The van der Waals surface area contributed by atoms with Gasteiger partial charge >= 0.3 is 5.97 Å². The molecule has 1 saturated heterocycles. The van der Waals surface area contributed by atoms with Gasteiger partial charge in [0.1, 0.15) is 16.7 Å². The van der Waals surface area contributed by atoms with Crippen LogP contribution in [0.5, 0.6) is 0 Å². The first-order valence-corrected chi connectivity index (χ1v) is 19.6. The minimum atomic E-state index is -2.29. The van der Waals surface area contributed by atoms with E-state index in [9.17, 15) is 4.79 Å². The molecule has 9 nitrogen and oxygen atoms in total. The molecule has 0 aromatic carbocycles. The second-order valence-electron chi connectivity index (χ2n) is 12.6. The molecule has 3 rings (SSSR count). The monoisotopic (exact) mass is 587 g/mol. The van der Waals surface area contributed by atoms with Crippen LogP contribution in [-0.2, 0) is 18.4 Å². The lowest BCUT2D eigenvalue weighted by molar-refractivity contribution is -0.142. The van der Waals surface area contributed by atoms with Gasteiger partial charge in [-0.1, -0.05) is 41.5 Å². The normalized spacial score (nSPS) is 23.5. The number of nitrogens with zero attached hydrogens (tertiary/aromatic N) is 4. The van der Waals surface area contributed by atoms with Crippen LogP contribution in [0, 0.1) is 0 Å². The first-order valence-electron chi connectivity index (χ1n) is 12.5. The first kappa shape index (κ1) is 30.4. The van der Waals surface area contributed by atoms with E-state index in [0.29, 0.717) is 17.0 Å². The highest BCUT2D eigenvalue weighted by Crippen LogP contribution is 2.51. The molecular weight excluding hydrogens is 546 g/mol. The fourth-order valence-electron chi connectivity index (χ4n) is 3.71. The molecule has 1 N–H and O–H groups in total. The van der Waals surface area contributed by atoms with E-state index in [1.165, 1.54) is 18.9 Å². The number of anilines is 1. The fourth-order valence-corrected chi connectivity index (χ4v) is 8.19. The number of hydrogen-bond acceptors (Lipinski definition) is 9. The number of carbonyl (C=O) groups is 1. The van der Waals surface area contributed by atoms with E-state index in [0.717, 1.165) is 0 Å². The van der Waals surface area contributed by atoms with Gasteiger partial charge in [-0.3, -0.25) is 9.36 Å². The van der Waals surface area contributed by atoms with Crippen LogP contribution in [0.25, 0.3) is 11.2 Å². The van der Waals surface area contributed by atoms with Crippen molar-refractivity contribution in [1.82, 2.24) is 19.5 Å². The highest BCUT2D eigenvalue weighted by atomic mass is 35.5. The van der Waals surface area contributed by atoms with Gasteiger partial charge in [0.2, 0.25) is 5.28 Å². The van der Waals surface area contributed by atoms with E-state index in [1.54, 1.807) is 13.4 Å². The number of imidazole rings is 1. The lowest BCUT2D eigenvalue weighted by Gasteiger charge is -2.44. The van der Waals surface area contributed by atoms with Gasteiger partial charge in [0, 0.05) is 7.05 Å². The maximum absolute atomic E-state index is 13.2. The summed E-state index contributed by atoms with van der Waals surface area (Å²) in [6, 6.07) is 0. The third-order valence-electron chi connectivity index (χ3n) is 8.00. The number of nitrogens with one attached hydrogen (secondary N) is 1. The maximum Gasteiger partial charge on any atom is 0.321 e. The Hall–Kier alpha value is -1.19. The Morgan fingerprint density at radius 1 is 1.03 bits per heavy atom. The highest BCUT2D eigenvalue weighted by molar-refractivity contribution is 8.01. The van der Waals surface area contributed by atoms with Crippen LogP contribution in [0.15, 0.2) is 6.33 Å². The van der Waals surface area contributed by atoms with Crippen LogP contribution in [0.4, 0.5) is 5.82 Å². The Balaban J connectivity index is 2.21. The number of ether oxygens (including phenoxy) is 1. The highest BCUT2D eigenvalue weighted by Gasteiger charge is 2.56.